The molecule has 0 aromatic heterocycles. The predicted octanol–water partition coefficient (Wildman–Crippen LogP) is 2.64. The van der Waals surface area contributed by atoms with E-state index in [0.717, 1.165) is 24.8 Å². The fourth-order valence-corrected chi connectivity index (χ4v) is 1.95. The van der Waals surface area contributed by atoms with E-state index in [0.29, 0.717) is 5.70 Å². The number of rotatable bonds is 2. The second kappa shape index (κ2) is 4.51. The Morgan fingerprint density at radius 2 is 2.31 bits per heavy atom. The van der Waals surface area contributed by atoms with Crippen LogP contribution in [0.4, 0.5) is 0 Å². The standard InChI is InChI=1S/C10H12BrNO/c1-3-7-5-4-6-8(11)10(13)9(7)12-2/h3,8H,1-2,4-6H2. The van der Waals surface area contributed by atoms with Gasteiger partial charge in [-0.1, -0.05) is 28.6 Å². The molecule has 0 N–H and O–H groups in total. The van der Waals surface area contributed by atoms with Crippen molar-refractivity contribution in [3.8, 4) is 0 Å². The smallest absolute Gasteiger partial charge is 0.194 e. The summed E-state index contributed by atoms with van der Waals surface area (Å²) >= 11 is 3.34. The van der Waals surface area contributed by atoms with Gasteiger partial charge in [-0.05, 0) is 31.6 Å². The number of aliphatic imine (C=N–C) groups is 1. The number of carbonyl (C=O) groups is 1. The van der Waals surface area contributed by atoms with E-state index >= 15 is 0 Å². The van der Waals surface area contributed by atoms with Crippen LogP contribution in [0, 0.1) is 0 Å². The summed E-state index contributed by atoms with van der Waals surface area (Å²) in [7, 11) is 0. The Balaban J connectivity index is 3.08. The number of ketones is 1. The van der Waals surface area contributed by atoms with Gasteiger partial charge in [0.15, 0.2) is 5.78 Å². The van der Waals surface area contributed by atoms with Crippen molar-refractivity contribution in [1.29, 1.82) is 0 Å². The Kier molecular flexibility index (Phi) is 3.60. The Hall–Kier alpha value is -0.700. The first-order chi connectivity index (χ1) is 6.20. The van der Waals surface area contributed by atoms with E-state index in [4.69, 9.17) is 0 Å². The minimum absolute atomic E-state index is 0.0300. The topological polar surface area (TPSA) is 29.4 Å². The van der Waals surface area contributed by atoms with Crippen LogP contribution in [0.2, 0.25) is 0 Å². The van der Waals surface area contributed by atoms with Crippen LogP contribution in [-0.2, 0) is 4.79 Å². The second-order valence-electron chi connectivity index (χ2n) is 2.96. The molecule has 0 heterocycles. The quantitative estimate of drug-likeness (QED) is 0.540. The predicted molar refractivity (Wildman–Crippen MR) is 58.3 cm³/mol. The molecule has 1 atom stereocenters. The fourth-order valence-electron chi connectivity index (χ4n) is 1.41. The van der Waals surface area contributed by atoms with Crippen LogP contribution in [0.1, 0.15) is 19.3 Å². The number of hydrogen-bond donors (Lipinski definition) is 0. The molecule has 1 aliphatic carbocycles. The first-order valence-corrected chi connectivity index (χ1v) is 5.13. The molecular formula is C10H12BrNO. The summed E-state index contributed by atoms with van der Waals surface area (Å²) in [5.74, 6) is 0.0300. The van der Waals surface area contributed by atoms with Gasteiger partial charge < -0.3 is 0 Å². The van der Waals surface area contributed by atoms with E-state index in [9.17, 15) is 4.79 Å². The molecule has 0 aliphatic heterocycles. The van der Waals surface area contributed by atoms with Crippen LogP contribution in [0.3, 0.4) is 0 Å². The molecule has 0 saturated carbocycles. The molecule has 0 spiro atoms. The van der Waals surface area contributed by atoms with Gasteiger partial charge in [0.25, 0.3) is 0 Å². The van der Waals surface area contributed by atoms with Crippen LogP contribution in [0.25, 0.3) is 0 Å². The number of carbonyl (C=O) groups excluding carboxylic acids is 1. The summed E-state index contributed by atoms with van der Waals surface area (Å²) in [4.78, 5) is 15.3. The molecule has 0 aromatic rings. The molecule has 13 heavy (non-hydrogen) atoms. The van der Waals surface area contributed by atoms with Gasteiger partial charge in [0.2, 0.25) is 0 Å². The summed E-state index contributed by atoms with van der Waals surface area (Å²) < 4.78 is 0. The van der Waals surface area contributed by atoms with Crippen LogP contribution in [0.5, 0.6) is 0 Å². The normalized spacial score (nSPS) is 24.1. The lowest BCUT2D eigenvalue weighted by Crippen LogP contribution is -2.13. The van der Waals surface area contributed by atoms with Gasteiger partial charge in [-0.15, -0.1) is 0 Å². The zero-order valence-electron chi connectivity index (χ0n) is 7.42. The summed E-state index contributed by atoms with van der Waals surface area (Å²) in [5, 5.41) is 0. The number of alkyl halides is 1. The third kappa shape index (κ3) is 2.15. The zero-order valence-corrected chi connectivity index (χ0v) is 9.01. The van der Waals surface area contributed by atoms with Crippen molar-refractivity contribution >= 4 is 28.4 Å². The largest absolute Gasteiger partial charge is 0.291 e. The van der Waals surface area contributed by atoms with Crippen molar-refractivity contribution in [2.45, 2.75) is 24.1 Å². The van der Waals surface area contributed by atoms with Crippen LogP contribution >= 0.6 is 15.9 Å². The lowest BCUT2D eigenvalue weighted by atomic mass is 10.1. The maximum Gasteiger partial charge on any atom is 0.194 e. The highest BCUT2D eigenvalue weighted by molar-refractivity contribution is 9.10. The summed E-state index contributed by atoms with van der Waals surface area (Å²) in [6.45, 7) is 7.08. The van der Waals surface area contributed by atoms with Gasteiger partial charge in [-0.25, -0.2) is 0 Å². The lowest BCUT2D eigenvalue weighted by molar-refractivity contribution is -0.115. The Morgan fingerprint density at radius 1 is 1.62 bits per heavy atom. The van der Waals surface area contributed by atoms with E-state index in [-0.39, 0.29) is 10.6 Å². The van der Waals surface area contributed by atoms with Gasteiger partial charge in [0.05, 0.1) is 4.83 Å². The van der Waals surface area contributed by atoms with Crippen LogP contribution in [-0.4, -0.2) is 17.3 Å². The van der Waals surface area contributed by atoms with Gasteiger partial charge in [0.1, 0.15) is 5.70 Å². The Bertz CT molecular complexity index is 281. The summed E-state index contributed by atoms with van der Waals surface area (Å²) in [6.07, 6.45) is 4.41. The minimum atomic E-state index is -0.106. The van der Waals surface area contributed by atoms with E-state index < -0.39 is 0 Å². The number of nitrogens with zero attached hydrogens (tertiary/aromatic N) is 1. The average molecular weight is 242 g/mol. The highest BCUT2D eigenvalue weighted by atomic mass is 79.9. The molecule has 0 amide bonds. The molecule has 1 aliphatic rings. The van der Waals surface area contributed by atoms with Crippen molar-refractivity contribution in [2.24, 2.45) is 4.99 Å². The van der Waals surface area contributed by atoms with Crippen molar-refractivity contribution in [3.63, 3.8) is 0 Å². The molecular weight excluding hydrogens is 230 g/mol. The average Bonchev–Trinajstić information content (AvgIpc) is 2.27. The van der Waals surface area contributed by atoms with E-state index in [1.165, 1.54) is 0 Å². The molecule has 3 heteroatoms. The Morgan fingerprint density at radius 3 is 2.85 bits per heavy atom. The van der Waals surface area contributed by atoms with Gasteiger partial charge in [0, 0.05) is 0 Å². The second-order valence-corrected chi connectivity index (χ2v) is 4.07. The first-order valence-electron chi connectivity index (χ1n) is 4.21. The van der Waals surface area contributed by atoms with Crippen LogP contribution < -0.4 is 0 Å². The summed E-state index contributed by atoms with van der Waals surface area (Å²) in [5.41, 5.74) is 1.40. The molecule has 0 bridgehead atoms. The zero-order chi connectivity index (χ0) is 9.84. The van der Waals surface area contributed by atoms with E-state index in [2.05, 4.69) is 34.2 Å². The highest BCUT2D eigenvalue weighted by Gasteiger charge is 2.23. The van der Waals surface area contributed by atoms with Crippen molar-refractivity contribution in [3.05, 3.63) is 23.9 Å². The van der Waals surface area contributed by atoms with E-state index in [1.54, 1.807) is 6.08 Å². The Labute approximate surface area is 86.6 Å². The molecule has 0 aromatic carbocycles. The van der Waals surface area contributed by atoms with Crippen molar-refractivity contribution < 1.29 is 4.79 Å². The van der Waals surface area contributed by atoms with E-state index in [1.807, 2.05) is 0 Å². The number of halogens is 1. The summed E-state index contributed by atoms with van der Waals surface area (Å²) in [6, 6.07) is 0. The van der Waals surface area contributed by atoms with Crippen LogP contribution in [0.15, 0.2) is 28.9 Å². The third-order valence-electron chi connectivity index (χ3n) is 2.13. The first kappa shape index (κ1) is 10.4. The molecule has 1 rings (SSSR count). The molecule has 70 valence electrons. The lowest BCUT2D eigenvalue weighted by Gasteiger charge is -2.04. The molecule has 0 saturated heterocycles. The minimum Gasteiger partial charge on any atom is -0.291 e. The molecule has 0 fully saturated rings. The number of Topliss-reactive ketones (excluding diaryl/α,β-unsaturated/α-hetero) is 1. The highest BCUT2D eigenvalue weighted by Crippen LogP contribution is 2.26. The molecule has 1 unspecified atom stereocenters. The maximum atomic E-state index is 11.7. The third-order valence-corrected chi connectivity index (χ3v) is 3.00. The SMILES string of the molecule is C=CC1=C(N=C)C(=O)C(Br)CCC1. The fraction of sp³-hybridized carbons (Fsp3) is 0.400. The number of allylic oxidation sites excluding steroid dienone is 3. The molecule has 0 radical (unpaired) electrons. The van der Waals surface area contributed by atoms with Gasteiger partial charge in [-0.2, -0.15) is 0 Å². The number of hydrogen-bond acceptors (Lipinski definition) is 2. The van der Waals surface area contributed by atoms with Gasteiger partial charge >= 0.3 is 0 Å². The maximum absolute atomic E-state index is 11.7. The van der Waals surface area contributed by atoms with Crippen molar-refractivity contribution in [1.82, 2.24) is 0 Å². The molecule has 2 nitrogen and oxygen atoms in total. The van der Waals surface area contributed by atoms with Crippen molar-refractivity contribution in [2.75, 3.05) is 0 Å². The van der Waals surface area contributed by atoms with Gasteiger partial charge in [-0.3, -0.25) is 9.79 Å². The monoisotopic (exact) mass is 241 g/mol.